The highest BCUT2D eigenvalue weighted by Crippen LogP contribution is 2.25. The molecule has 8 heteroatoms. The summed E-state index contributed by atoms with van der Waals surface area (Å²) < 4.78 is 38.3. The molecular formula is C29H28N2O5S. The number of sulfonamides is 1. The summed E-state index contributed by atoms with van der Waals surface area (Å²) in [4.78, 5) is 12.5. The van der Waals surface area contributed by atoms with Gasteiger partial charge in [0.2, 0.25) is 0 Å². The first-order valence-corrected chi connectivity index (χ1v) is 13.1. The van der Waals surface area contributed by atoms with E-state index in [0.29, 0.717) is 29.5 Å². The predicted molar refractivity (Wildman–Crippen MR) is 145 cm³/mol. The number of benzene rings is 4. The van der Waals surface area contributed by atoms with Gasteiger partial charge in [0, 0.05) is 12.7 Å². The summed E-state index contributed by atoms with van der Waals surface area (Å²) in [5.41, 5.74) is 3.16. The number of amides is 1. The molecule has 1 N–H and O–H groups in total. The molecule has 0 atom stereocenters. The molecule has 0 aliphatic rings. The van der Waals surface area contributed by atoms with E-state index in [-0.39, 0.29) is 17.4 Å². The molecule has 0 aliphatic heterocycles. The van der Waals surface area contributed by atoms with Crippen LogP contribution in [0.3, 0.4) is 0 Å². The Morgan fingerprint density at radius 1 is 0.784 bits per heavy atom. The maximum absolute atomic E-state index is 12.9. The van der Waals surface area contributed by atoms with Crippen LogP contribution in [0.25, 0.3) is 0 Å². The van der Waals surface area contributed by atoms with Crippen LogP contribution >= 0.6 is 0 Å². The largest absolute Gasteiger partial charge is 0.489 e. The Bertz CT molecular complexity index is 1420. The Morgan fingerprint density at radius 3 is 2.03 bits per heavy atom. The standard InChI is InChI=1S/C29H28N2O5S/c1-22-8-18-28(19-9-22)37(33,34)31(2)25-12-16-27(17-13-25)36-21-29(32)30-24-10-14-26(15-11-24)35-20-23-6-4-3-5-7-23/h3-19H,20-21H2,1-2H3,(H,30,32). The van der Waals surface area contributed by atoms with E-state index in [4.69, 9.17) is 9.47 Å². The highest BCUT2D eigenvalue weighted by atomic mass is 32.2. The lowest BCUT2D eigenvalue weighted by Crippen LogP contribution is -2.26. The number of anilines is 2. The van der Waals surface area contributed by atoms with Crippen molar-refractivity contribution < 1.29 is 22.7 Å². The zero-order valence-corrected chi connectivity index (χ0v) is 21.4. The van der Waals surface area contributed by atoms with Gasteiger partial charge in [-0.3, -0.25) is 9.10 Å². The number of nitrogens with one attached hydrogen (secondary N) is 1. The molecule has 0 bridgehead atoms. The smallest absolute Gasteiger partial charge is 0.264 e. The third-order valence-electron chi connectivity index (χ3n) is 5.64. The highest BCUT2D eigenvalue weighted by molar-refractivity contribution is 7.92. The van der Waals surface area contributed by atoms with E-state index in [9.17, 15) is 13.2 Å². The van der Waals surface area contributed by atoms with Crippen molar-refractivity contribution in [1.82, 2.24) is 0 Å². The predicted octanol–water partition coefficient (Wildman–Crippen LogP) is 5.42. The van der Waals surface area contributed by atoms with Crippen LogP contribution < -0.4 is 19.1 Å². The van der Waals surface area contributed by atoms with Crippen LogP contribution in [0.4, 0.5) is 11.4 Å². The van der Waals surface area contributed by atoms with Crippen molar-refractivity contribution in [1.29, 1.82) is 0 Å². The second-order valence-electron chi connectivity index (χ2n) is 8.41. The molecule has 4 aromatic rings. The van der Waals surface area contributed by atoms with Crippen LogP contribution in [0.1, 0.15) is 11.1 Å². The topological polar surface area (TPSA) is 84.9 Å². The molecule has 0 aromatic heterocycles. The van der Waals surface area contributed by atoms with Gasteiger partial charge in [0.1, 0.15) is 18.1 Å². The molecule has 0 saturated heterocycles. The summed E-state index contributed by atoms with van der Waals surface area (Å²) in [5, 5.41) is 2.78. The molecule has 1 amide bonds. The van der Waals surface area contributed by atoms with Gasteiger partial charge < -0.3 is 14.8 Å². The first-order chi connectivity index (χ1) is 17.8. The maximum atomic E-state index is 12.9. The molecular weight excluding hydrogens is 488 g/mol. The zero-order valence-electron chi connectivity index (χ0n) is 20.6. The van der Waals surface area contributed by atoms with Crippen molar-refractivity contribution in [3.05, 3.63) is 114 Å². The Kier molecular flexibility index (Phi) is 8.10. The third kappa shape index (κ3) is 6.89. The van der Waals surface area contributed by atoms with Gasteiger partial charge in [-0.15, -0.1) is 0 Å². The Labute approximate surface area is 217 Å². The van der Waals surface area contributed by atoms with Crippen molar-refractivity contribution in [3.63, 3.8) is 0 Å². The molecule has 0 aliphatic carbocycles. The number of aryl methyl sites for hydroxylation is 1. The summed E-state index contributed by atoms with van der Waals surface area (Å²) in [5.74, 6) is 0.832. The van der Waals surface area contributed by atoms with E-state index in [1.165, 1.54) is 11.4 Å². The Balaban J connectivity index is 1.27. The molecule has 0 unspecified atom stereocenters. The van der Waals surface area contributed by atoms with Crippen LogP contribution in [0.2, 0.25) is 0 Å². The lowest BCUT2D eigenvalue weighted by molar-refractivity contribution is -0.118. The molecule has 0 radical (unpaired) electrons. The number of carbonyl (C=O) groups excluding carboxylic acids is 1. The van der Waals surface area contributed by atoms with Crippen LogP contribution in [0, 0.1) is 6.92 Å². The molecule has 0 saturated carbocycles. The van der Waals surface area contributed by atoms with E-state index >= 15 is 0 Å². The second kappa shape index (κ2) is 11.6. The average Bonchev–Trinajstić information content (AvgIpc) is 2.92. The van der Waals surface area contributed by atoms with Crippen LogP contribution in [0.15, 0.2) is 108 Å². The summed E-state index contributed by atoms with van der Waals surface area (Å²) in [6.45, 7) is 2.17. The van der Waals surface area contributed by atoms with Crippen molar-refractivity contribution >= 4 is 27.3 Å². The Hall–Kier alpha value is -4.30. The van der Waals surface area contributed by atoms with E-state index in [1.54, 1.807) is 72.8 Å². The minimum absolute atomic E-state index is 0.191. The lowest BCUT2D eigenvalue weighted by Gasteiger charge is -2.20. The molecule has 7 nitrogen and oxygen atoms in total. The van der Waals surface area contributed by atoms with Crippen molar-refractivity contribution in [3.8, 4) is 11.5 Å². The lowest BCUT2D eigenvalue weighted by atomic mass is 10.2. The first-order valence-electron chi connectivity index (χ1n) is 11.7. The maximum Gasteiger partial charge on any atom is 0.264 e. The molecule has 0 fully saturated rings. The molecule has 37 heavy (non-hydrogen) atoms. The van der Waals surface area contributed by atoms with Gasteiger partial charge in [0.25, 0.3) is 15.9 Å². The van der Waals surface area contributed by atoms with Crippen molar-refractivity contribution in [2.45, 2.75) is 18.4 Å². The van der Waals surface area contributed by atoms with Gasteiger partial charge in [-0.1, -0.05) is 48.0 Å². The minimum Gasteiger partial charge on any atom is -0.489 e. The molecule has 190 valence electrons. The van der Waals surface area contributed by atoms with Crippen LogP contribution in [-0.4, -0.2) is 28.0 Å². The molecule has 4 rings (SSSR count). The summed E-state index contributed by atoms with van der Waals surface area (Å²) in [7, 11) is -2.19. The number of ether oxygens (including phenoxy) is 2. The van der Waals surface area contributed by atoms with Gasteiger partial charge in [-0.05, 0) is 73.2 Å². The third-order valence-corrected chi connectivity index (χ3v) is 7.44. The number of nitrogens with zero attached hydrogens (tertiary/aromatic N) is 1. The number of rotatable bonds is 10. The fourth-order valence-electron chi connectivity index (χ4n) is 3.48. The van der Waals surface area contributed by atoms with Gasteiger partial charge in [0.05, 0.1) is 10.6 Å². The quantitative estimate of drug-likeness (QED) is 0.304. The van der Waals surface area contributed by atoms with Gasteiger partial charge >= 0.3 is 0 Å². The monoisotopic (exact) mass is 516 g/mol. The zero-order chi connectivity index (χ0) is 26.3. The summed E-state index contributed by atoms with van der Waals surface area (Å²) >= 11 is 0. The highest BCUT2D eigenvalue weighted by Gasteiger charge is 2.21. The van der Waals surface area contributed by atoms with Gasteiger partial charge in [-0.25, -0.2) is 8.42 Å². The second-order valence-corrected chi connectivity index (χ2v) is 10.4. The molecule has 0 spiro atoms. The van der Waals surface area contributed by atoms with E-state index in [1.807, 2.05) is 37.3 Å². The van der Waals surface area contributed by atoms with Gasteiger partial charge in [-0.2, -0.15) is 0 Å². The van der Waals surface area contributed by atoms with Crippen molar-refractivity contribution in [2.75, 3.05) is 23.3 Å². The summed E-state index contributed by atoms with van der Waals surface area (Å²) in [6, 6.07) is 30.2. The number of hydrogen-bond acceptors (Lipinski definition) is 5. The first kappa shape index (κ1) is 25.8. The average molecular weight is 517 g/mol. The van der Waals surface area contributed by atoms with Gasteiger partial charge in [0.15, 0.2) is 6.61 Å². The fraction of sp³-hybridized carbons (Fsp3) is 0.138. The summed E-state index contributed by atoms with van der Waals surface area (Å²) in [6.07, 6.45) is 0. The fourth-order valence-corrected chi connectivity index (χ4v) is 4.68. The van der Waals surface area contributed by atoms with Crippen LogP contribution in [0.5, 0.6) is 11.5 Å². The normalized spacial score (nSPS) is 11.0. The van der Waals surface area contributed by atoms with E-state index in [0.717, 1.165) is 11.1 Å². The SMILES string of the molecule is Cc1ccc(S(=O)(=O)N(C)c2ccc(OCC(=O)Nc3ccc(OCc4ccccc4)cc3)cc2)cc1. The number of hydrogen-bond donors (Lipinski definition) is 1. The minimum atomic E-state index is -3.68. The Morgan fingerprint density at radius 2 is 1.38 bits per heavy atom. The van der Waals surface area contributed by atoms with E-state index in [2.05, 4.69) is 5.32 Å². The number of carbonyl (C=O) groups is 1. The van der Waals surface area contributed by atoms with Crippen LogP contribution in [-0.2, 0) is 21.4 Å². The molecule has 0 heterocycles. The van der Waals surface area contributed by atoms with E-state index < -0.39 is 10.0 Å². The molecule has 4 aromatic carbocycles. The van der Waals surface area contributed by atoms with Crippen molar-refractivity contribution in [2.24, 2.45) is 0 Å².